The fourth-order valence-electron chi connectivity index (χ4n) is 2.31. The van der Waals surface area contributed by atoms with Crippen molar-refractivity contribution in [2.75, 3.05) is 19.7 Å². The molecule has 19 heavy (non-hydrogen) atoms. The van der Waals surface area contributed by atoms with Crippen LogP contribution >= 0.6 is 15.9 Å². The van der Waals surface area contributed by atoms with Crippen molar-refractivity contribution in [1.29, 1.82) is 0 Å². The van der Waals surface area contributed by atoms with Crippen molar-refractivity contribution in [3.63, 3.8) is 0 Å². The maximum Gasteiger partial charge on any atom is 0.254 e. The zero-order valence-corrected chi connectivity index (χ0v) is 12.5. The van der Waals surface area contributed by atoms with Gasteiger partial charge in [0.2, 0.25) is 0 Å². The molecule has 1 aliphatic heterocycles. The minimum absolute atomic E-state index is 0.1000. The summed E-state index contributed by atoms with van der Waals surface area (Å²) in [6.45, 7) is 3.90. The van der Waals surface area contributed by atoms with Crippen LogP contribution in [0.5, 0.6) is 0 Å². The highest BCUT2D eigenvalue weighted by molar-refractivity contribution is 9.10. The van der Waals surface area contributed by atoms with E-state index in [1.165, 1.54) is 6.07 Å². The predicted molar refractivity (Wildman–Crippen MR) is 74.7 cm³/mol. The first-order valence-corrected chi connectivity index (χ1v) is 7.27. The van der Waals surface area contributed by atoms with Gasteiger partial charge in [-0.25, -0.2) is 4.39 Å². The second-order valence-corrected chi connectivity index (χ2v) is 5.45. The van der Waals surface area contributed by atoms with Gasteiger partial charge in [0.05, 0.1) is 10.6 Å². The van der Waals surface area contributed by atoms with E-state index in [4.69, 9.17) is 4.74 Å². The monoisotopic (exact) mass is 329 g/mol. The molecule has 1 saturated heterocycles. The normalized spacial score (nSPS) is 19.5. The van der Waals surface area contributed by atoms with Gasteiger partial charge in [-0.05, 0) is 53.9 Å². The van der Waals surface area contributed by atoms with Crippen LogP contribution in [0.15, 0.2) is 22.7 Å². The van der Waals surface area contributed by atoms with Crippen molar-refractivity contribution in [2.45, 2.75) is 25.9 Å². The van der Waals surface area contributed by atoms with Crippen molar-refractivity contribution < 1.29 is 13.9 Å². The molecule has 1 heterocycles. The number of amides is 1. The van der Waals surface area contributed by atoms with E-state index in [1.54, 1.807) is 17.0 Å². The van der Waals surface area contributed by atoms with E-state index in [-0.39, 0.29) is 12.0 Å². The number of hydrogen-bond acceptors (Lipinski definition) is 2. The van der Waals surface area contributed by atoms with Crippen LogP contribution in [0.4, 0.5) is 4.39 Å². The molecule has 2 rings (SSSR count). The van der Waals surface area contributed by atoms with E-state index in [1.807, 2.05) is 6.92 Å². The summed E-state index contributed by atoms with van der Waals surface area (Å²) in [5, 5.41) is 0. The maximum atomic E-state index is 13.5. The number of benzene rings is 1. The minimum atomic E-state index is -0.413. The Labute approximate surface area is 120 Å². The van der Waals surface area contributed by atoms with E-state index < -0.39 is 5.82 Å². The Kier molecular flexibility index (Phi) is 4.93. The molecule has 1 amide bonds. The molecule has 1 atom stereocenters. The number of ether oxygens (including phenoxy) is 1. The Bertz CT molecular complexity index is 465. The molecular formula is C14H17BrFNO2. The Morgan fingerprint density at radius 3 is 3.05 bits per heavy atom. The van der Waals surface area contributed by atoms with Crippen molar-refractivity contribution in [1.82, 2.24) is 4.90 Å². The minimum Gasteiger partial charge on any atom is -0.377 e. The molecule has 3 nitrogen and oxygen atoms in total. The Balaban J connectivity index is 2.08. The number of rotatable bonds is 3. The molecule has 0 bridgehead atoms. The summed E-state index contributed by atoms with van der Waals surface area (Å²) in [5.74, 6) is -0.542. The summed E-state index contributed by atoms with van der Waals surface area (Å²) in [5.41, 5.74) is 0.387. The summed E-state index contributed by atoms with van der Waals surface area (Å²) >= 11 is 3.08. The molecule has 104 valence electrons. The van der Waals surface area contributed by atoms with E-state index in [2.05, 4.69) is 15.9 Å². The fraction of sp³-hybridized carbons (Fsp3) is 0.500. The van der Waals surface area contributed by atoms with Crippen LogP contribution in [0.3, 0.4) is 0 Å². The summed E-state index contributed by atoms with van der Waals surface area (Å²) in [7, 11) is 0. The van der Waals surface area contributed by atoms with Gasteiger partial charge >= 0.3 is 0 Å². The van der Waals surface area contributed by atoms with E-state index in [0.29, 0.717) is 29.7 Å². The van der Waals surface area contributed by atoms with Gasteiger partial charge in [0.25, 0.3) is 5.91 Å². The van der Waals surface area contributed by atoms with Crippen molar-refractivity contribution in [3.05, 3.63) is 34.1 Å². The van der Waals surface area contributed by atoms with Crippen LogP contribution in [-0.2, 0) is 4.74 Å². The lowest BCUT2D eigenvalue weighted by Crippen LogP contribution is -2.43. The molecule has 0 aromatic heterocycles. The van der Waals surface area contributed by atoms with Crippen LogP contribution < -0.4 is 0 Å². The number of hydrogen-bond donors (Lipinski definition) is 0. The highest BCUT2D eigenvalue weighted by Gasteiger charge is 2.25. The summed E-state index contributed by atoms with van der Waals surface area (Å²) < 4.78 is 19.4. The third kappa shape index (κ3) is 3.54. The van der Waals surface area contributed by atoms with Gasteiger partial charge in [-0.3, -0.25) is 4.79 Å². The van der Waals surface area contributed by atoms with Crippen LogP contribution in [0.2, 0.25) is 0 Å². The predicted octanol–water partition coefficient (Wildman–Crippen LogP) is 3.23. The van der Waals surface area contributed by atoms with Crippen molar-refractivity contribution in [2.24, 2.45) is 0 Å². The molecule has 0 radical (unpaired) electrons. The van der Waals surface area contributed by atoms with Crippen molar-refractivity contribution >= 4 is 21.8 Å². The Morgan fingerprint density at radius 1 is 1.58 bits per heavy atom. The summed E-state index contributed by atoms with van der Waals surface area (Å²) in [6.07, 6.45) is 2.00. The first kappa shape index (κ1) is 14.5. The first-order chi connectivity index (χ1) is 9.11. The number of piperidine rings is 1. The summed E-state index contributed by atoms with van der Waals surface area (Å²) in [6, 6.07) is 4.48. The number of carbonyl (C=O) groups is 1. The number of carbonyl (C=O) groups excluding carboxylic acids is 1. The van der Waals surface area contributed by atoms with Crippen LogP contribution in [0, 0.1) is 5.82 Å². The van der Waals surface area contributed by atoms with Gasteiger partial charge in [-0.15, -0.1) is 0 Å². The lowest BCUT2D eigenvalue weighted by atomic mass is 10.1. The fourth-order valence-corrected chi connectivity index (χ4v) is 2.55. The average Bonchev–Trinajstić information content (AvgIpc) is 2.42. The van der Waals surface area contributed by atoms with Gasteiger partial charge in [-0.2, -0.15) is 0 Å². The molecule has 1 aliphatic rings. The van der Waals surface area contributed by atoms with Gasteiger partial charge in [0, 0.05) is 25.3 Å². The molecule has 0 spiro atoms. The molecule has 0 saturated carbocycles. The lowest BCUT2D eigenvalue weighted by molar-refractivity contribution is 0.00723. The summed E-state index contributed by atoms with van der Waals surface area (Å²) in [4.78, 5) is 14.0. The smallest absolute Gasteiger partial charge is 0.254 e. The largest absolute Gasteiger partial charge is 0.377 e. The molecular weight excluding hydrogens is 313 g/mol. The van der Waals surface area contributed by atoms with Crippen molar-refractivity contribution in [3.8, 4) is 0 Å². The quantitative estimate of drug-likeness (QED) is 0.852. The lowest BCUT2D eigenvalue weighted by Gasteiger charge is -2.32. The van der Waals surface area contributed by atoms with E-state index in [0.717, 1.165) is 12.8 Å². The van der Waals surface area contributed by atoms with E-state index in [9.17, 15) is 9.18 Å². The van der Waals surface area contributed by atoms with Gasteiger partial charge < -0.3 is 9.64 Å². The average molecular weight is 330 g/mol. The maximum absolute atomic E-state index is 13.5. The van der Waals surface area contributed by atoms with Crippen LogP contribution in [0.1, 0.15) is 30.1 Å². The Morgan fingerprint density at radius 2 is 2.37 bits per heavy atom. The first-order valence-electron chi connectivity index (χ1n) is 6.47. The SMILES string of the molecule is CCOC1CCCN(C(=O)c2ccc(Br)c(F)c2)C1. The molecule has 1 aromatic carbocycles. The molecule has 1 unspecified atom stereocenters. The number of nitrogens with zero attached hydrogens (tertiary/aromatic N) is 1. The zero-order valence-electron chi connectivity index (χ0n) is 10.9. The second kappa shape index (κ2) is 6.48. The molecule has 1 fully saturated rings. The third-order valence-electron chi connectivity index (χ3n) is 3.23. The third-order valence-corrected chi connectivity index (χ3v) is 3.88. The van der Waals surface area contributed by atoms with Gasteiger partial charge in [0.15, 0.2) is 0 Å². The molecule has 5 heteroatoms. The standard InChI is InChI=1S/C14H17BrFNO2/c1-2-19-11-4-3-7-17(9-11)14(18)10-5-6-12(15)13(16)8-10/h5-6,8,11H,2-4,7,9H2,1H3. The molecule has 0 aliphatic carbocycles. The van der Waals surface area contributed by atoms with Crippen LogP contribution in [0.25, 0.3) is 0 Å². The molecule has 1 aromatic rings. The number of halogens is 2. The van der Waals surface area contributed by atoms with E-state index >= 15 is 0 Å². The zero-order chi connectivity index (χ0) is 13.8. The van der Waals surface area contributed by atoms with Crippen LogP contribution in [-0.4, -0.2) is 36.6 Å². The van der Waals surface area contributed by atoms with Gasteiger partial charge in [-0.1, -0.05) is 0 Å². The van der Waals surface area contributed by atoms with Gasteiger partial charge in [0.1, 0.15) is 5.82 Å². The Hall–Kier alpha value is -0.940. The highest BCUT2D eigenvalue weighted by atomic mass is 79.9. The highest BCUT2D eigenvalue weighted by Crippen LogP contribution is 2.20. The number of likely N-dealkylation sites (tertiary alicyclic amines) is 1. The second-order valence-electron chi connectivity index (χ2n) is 4.60. The topological polar surface area (TPSA) is 29.5 Å². The molecule has 0 N–H and O–H groups in total.